The first kappa shape index (κ1) is 17.4. The summed E-state index contributed by atoms with van der Waals surface area (Å²) in [6.07, 6.45) is 0. The smallest absolute Gasteiger partial charge is 0.277 e. The van der Waals surface area contributed by atoms with Crippen LogP contribution in [-0.4, -0.2) is 23.1 Å². The second-order valence-corrected chi connectivity index (χ2v) is 5.22. The van der Waals surface area contributed by atoms with Crippen molar-refractivity contribution in [3.63, 3.8) is 0 Å². The average Bonchev–Trinajstić information content (AvgIpc) is 2.58. The molecule has 2 aromatic carbocycles. The van der Waals surface area contributed by atoms with Gasteiger partial charge >= 0.3 is 0 Å². The van der Waals surface area contributed by atoms with Crippen LogP contribution < -0.4 is 10.2 Å². The summed E-state index contributed by atoms with van der Waals surface area (Å²) >= 11 is 5.82. The van der Waals surface area contributed by atoms with Gasteiger partial charge in [0.25, 0.3) is 11.6 Å². The molecule has 0 unspecified atom stereocenters. The fourth-order valence-electron chi connectivity index (χ4n) is 1.79. The second-order valence-electron chi connectivity index (χ2n) is 4.79. The Balaban J connectivity index is 1.93. The number of hydrogen-bond donors (Lipinski definition) is 1. The molecule has 0 aliphatic rings. The monoisotopic (exact) mass is 347 g/mol. The van der Waals surface area contributed by atoms with Crippen molar-refractivity contribution in [1.82, 2.24) is 5.43 Å². The highest BCUT2D eigenvalue weighted by atomic mass is 35.5. The van der Waals surface area contributed by atoms with Gasteiger partial charge in [0.1, 0.15) is 5.75 Å². The van der Waals surface area contributed by atoms with E-state index < -0.39 is 10.8 Å². The molecule has 0 aliphatic heterocycles. The van der Waals surface area contributed by atoms with Gasteiger partial charge in [-0.05, 0) is 25.1 Å². The molecule has 1 N–H and O–H groups in total. The van der Waals surface area contributed by atoms with Crippen LogP contribution in [0.3, 0.4) is 0 Å². The third kappa shape index (κ3) is 5.06. The summed E-state index contributed by atoms with van der Waals surface area (Å²) < 4.78 is 5.28. The van der Waals surface area contributed by atoms with Crippen LogP contribution in [0.15, 0.2) is 53.6 Å². The van der Waals surface area contributed by atoms with Crippen LogP contribution in [0.4, 0.5) is 5.69 Å². The minimum absolute atomic E-state index is 0.0438. The number of benzene rings is 2. The number of nitro groups is 1. The lowest BCUT2D eigenvalue weighted by molar-refractivity contribution is -0.384. The van der Waals surface area contributed by atoms with Gasteiger partial charge in [-0.3, -0.25) is 14.9 Å². The number of carbonyl (C=O) groups is 1. The minimum atomic E-state index is -0.492. The number of nitrogens with one attached hydrogen (secondary N) is 1. The number of nitrogens with zero attached hydrogens (tertiary/aromatic N) is 2. The van der Waals surface area contributed by atoms with Gasteiger partial charge in [-0.25, -0.2) is 5.43 Å². The number of nitro benzene ring substituents is 1. The van der Waals surface area contributed by atoms with E-state index in [0.717, 1.165) is 0 Å². The molecule has 124 valence electrons. The van der Waals surface area contributed by atoms with E-state index in [4.69, 9.17) is 16.3 Å². The van der Waals surface area contributed by atoms with E-state index in [1.165, 1.54) is 12.1 Å². The van der Waals surface area contributed by atoms with Crippen LogP contribution in [0.2, 0.25) is 5.02 Å². The second kappa shape index (κ2) is 8.07. The van der Waals surface area contributed by atoms with E-state index in [1.807, 2.05) is 0 Å². The predicted molar refractivity (Wildman–Crippen MR) is 90.4 cm³/mol. The average molecular weight is 348 g/mol. The third-order valence-corrected chi connectivity index (χ3v) is 3.22. The molecule has 7 nitrogen and oxygen atoms in total. The van der Waals surface area contributed by atoms with Gasteiger partial charge in [-0.2, -0.15) is 5.10 Å². The Morgan fingerprint density at radius 3 is 2.75 bits per heavy atom. The molecule has 0 heterocycles. The maximum atomic E-state index is 11.7. The van der Waals surface area contributed by atoms with Crippen molar-refractivity contribution in [3.05, 3.63) is 69.2 Å². The van der Waals surface area contributed by atoms with Gasteiger partial charge in [0, 0.05) is 22.7 Å². The Labute approximate surface area is 143 Å². The van der Waals surface area contributed by atoms with Gasteiger partial charge < -0.3 is 4.74 Å². The topological polar surface area (TPSA) is 93.8 Å². The Morgan fingerprint density at radius 1 is 1.29 bits per heavy atom. The molecule has 0 saturated carbocycles. The molecule has 2 rings (SSSR count). The number of ether oxygens (including phenoxy) is 1. The van der Waals surface area contributed by atoms with Crippen molar-refractivity contribution in [3.8, 4) is 5.75 Å². The molecule has 24 heavy (non-hydrogen) atoms. The zero-order valence-electron chi connectivity index (χ0n) is 12.7. The first-order valence-corrected chi connectivity index (χ1v) is 7.30. The number of hydrazone groups is 1. The maximum absolute atomic E-state index is 11.7. The number of rotatable bonds is 6. The lowest BCUT2D eigenvalue weighted by Gasteiger charge is -2.06. The van der Waals surface area contributed by atoms with E-state index in [9.17, 15) is 14.9 Å². The van der Waals surface area contributed by atoms with Crippen LogP contribution in [0, 0.1) is 10.1 Å². The van der Waals surface area contributed by atoms with E-state index in [-0.39, 0.29) is 12.3 Å². The summed E-state index contributed by atoms with van der Waals surface area (Å²) in [5.74, 6) is 0.0109. The number of amides is 1. The van der Waals surface area contributed by atoms with Gasteiger partial charge in [0.2, 0.25) is 0 Å². The summed E-state index contributed by atoms with van der Waals surface area (Å²) in [6, 6.07) is 12.7. The molecule has 0 spiro atoms. The molecule has 2 aromatic rings. The highest BCUT2D eigenvalue weighted by molar-refractivity contribution is 6.30. The Morgan fingerprint density at radius 2 is 2.04 bits per heavy atom. The Hall–Kier alpha value is -2.93. The lowest BCUT2D eigenvalue weighted by Crippen LogP contribution is -2.25. The van der Waals surface area contributed by atoms with Crippen LogP contribution in [0.5, 0.6) is 5.75 Å². The number of halogens is 1. The van der Waals surface area contributed by atoms with Crippen LogP contribution >= 0.6 is 11.6 Å². The standard InChI is InChI=1S/C16H14ClN3O4/c1-11(12-4-2-6-14(8-12)20(22)23)18-19-16(21)10-24-15-7-3-5-13(17)9-15/h2-9H,10H2,1H3,(H,19,21)/b18-11+. The quantitative estimate of drug-likeness (QED) is 0.493. The van der Waals surface area contributed by atoms with Crippen molar-refractivity contribution < 1.29 is 14.5 Å². The van der Waals surface area contributed by atoms with E-state index in [2.05, 4.69) is 10.5 Å². The number of non-ortho nitro benzene ring substituents is 1. The normalized spacial score (nSPS) is 11.0. The summed E-state index contributed by atoms with van der Waals surface area (Å²) in [5, 5.41) is 15.2. The van der Waals surface area contributed by atoms with Gasteiger partial charge in [0.05, 0.1) is 10.6 Å². The minimum Gasteiger partial charge on any atom is -0.484 e. The predicted octanol–water partition coefficient (Wildman–Crippen LogP) is 3.17. The van der Waals surface area contributed by atoms with Crippen LogP contribution in [-0.2, 0) is 4.79 Å². The first-order valence-electron chi connectivity index (χ1n) is 6.92. The number of hydrogen-bond acceptors (Lipinski definition) is 5. The van der Waals surface area contributed by atoms with Crippen LogP contribution in [0.1, 0.15) is 12.5 Å². The van der Waals surface area contributed by atoms with Gasteiger partial charge in [0.15, 0.2) is 6.61 Å². The zero-order valence-corrected chi connectivity index (χ0v) is 13.5. The molecule has 8 heteroatoms. The van der Waals surface area contributed by atoms with Crippen LogP contribution in [0.25, 0.3) is 0 Å². The zero-order chi connectivity index (χ0) is 17.5. The van der Waals surface area contributed by atoms with Gasteiger partial charge in [-0.1, -0.05) is 29.8 Å². The van der Waals surface area contributed by atoms with E-state index in [0.29, 0.717) is 22.0 Å². The molecule has 0 aromatic heterocycles. The molecule has 0 radical (unpaired) electrons. The third-order valence-electron chi connectivity index (χ3n) is 2.99. The number of carbonyl (C=O) groups excluding carboxylic acids is 1. The molecule has 0 bridgehead atoms. The Kier molecular flexibility index (Phi) is 5.86. The molecule has 1 amide bonds. The van der Waals surface area contributed by atoms with Gasteiger partial charge in [-0.15, -0.1) is 0 Å². The summed E-state index contributed by atoms with van der Waals surface area (Å²) in [6.45, 7) is 1.41. The summed E-state index contributed by atoms with van der Waals surface area (Å²) in [7, 11) is 0. The van der Waals surface area contributed by atoms with Crippen molar-refractivity contribution in [2.24, 2.45) is 5.10 Å². The SMILES string of the molecule is C/C(=N\NC(=O)COc1cccc(Cl)c1)c1cccc([N+](=O)[O-])c1. The summed E-state index contributed by atoms with van der Waals surface area (Å²) in [4.78, 5) is 22.0. The molecular weight excluding hydrogens is 334 g/mol. The van der Waals surface area contributed by atoms with Crippen molar-refractivity contribution >= 4 is 28.9 Å². The Bertz CT molecular complexity index is 792. The fraction of sp³-hybridized carbons (Fsp3) is 0.125. The maximum Gasteiger partial charge on any atom is 0.277 e. The first-order chi connectivity index (χ1) is 11.5. The molecule has 0 fully saturated rings. The molecular formula is C16H14ClN3O4. The molecule has 0 atom stereocenters. The highest BCUT2D eigenvalue weighted by Crippen LogP contribution is 2.17. The van der Waals surface area contributed by atoms with Crippen molar-refractivity contribution in [2.75, 3.05) is 6.61 Å². The molecule has 0 saturated heterocycles. The fourth-order valence-corrected chi connectivity index (χ4v) is 1.97. The highest BCUT2D eigenvalue weighted by Gasteiger charge is 2.08. The largest absolute Gasteiger partial charge is 0.484 e. The lowest BCUT2D eigenvalue weighted by atomic mass is 10.1. The van der Waals surface area contributed by atoms with E-state index >= 15 is 0 Å². The van der Waals surface area contributed by atoms with E-state index in [1.54, 1.807) is 43.3 Å². The molecule has 0 aliphatic carbocycles. The van der Waals surface area contributed by atoms with Crippen molar-refractivity contribution in [2.45, 2.75) is 6.92 Å². The van der Waals surface area contributed by atoms with Crippen molar-refractivity contribution in [1.29, 1.82) is 0 Å². The summed E-state index contributed by atoms with van der Waals surface area (Å²) in [5.41, 5.74) is 3.27.